The van der Waals surface area contributed by atoms with Crippen LogP contribution in [0.2, 0.25) is 0 Å². The molecule has 2 aromatic carbocycles. The first-order valence-corrected chi connectivity index (χ1v) is 10.9. The molecule has 0 atom stereocenters. The largest absolute Gasteiger partial charge is 0.462 e. The van der Waals surface area contributed by atoms with Crippen LogP contribution in [0, 0.1) is 0 Å². The average molecular weight is 531 g/mol. The maximum Gasteiger partial charge on any atom is 0.390 e. The highest BCUT2D eigenvalue weighted by Gasteiger charge is 2.73. The second-order valence-corrected chi connectivity index (χ2v) is 8.34. The van der Waals surface area contributed by atoms with Gasteiger partial charge in [-0.2, -0.15) is 26.3 Å². The van der Waals surface area contributed by atoms with Crippen molar-refractivity contribution in [1.82, 2.24) is 8.97 Å². The minimum Gasteiger partial charge on any atom is -0.462 e. The molecule has 5 nitrogen and oxygen atoms in total. The zero-order chi connectivity index (χ0) is 26.5. The molecule has 0 fully saturated rings. The first kappa shape index (κ1) is 25.6. The Labute approximate surface area is 204 Å². The molecule has 4 rings (SSSR count). The van der Waals surface area contributed by atoms with Crippen molar-refractivity contribution < 1.29 is 35.9 Å². The van der Waals surface area contributed by atoms with E-state index in [4.69, 9.17) is 4.74 Å². The van der Waals surface area contributed by atoms with Gasteiger partial charge in [0.05, 0.1) is 35.3 Å². The molecule has 12 heteroatoms. The summed E-state index contributed by atoms with van der Waals surface area (Å²) in [5.74, 6) is -13.4. The van der Waals surface area contributed by atoms with Crippen molar-refractivity contribution >= 4 is 34.1 Å². The lowest BCUT2D eigenvalue weighted by molar-refractivity contribution is -0.285. The Hall–Kier alpha value is -3.47. The zero-order valence-corrected chi connectivity index (χ0v) is 19.2. The quantitative estimate of drug-likeness (QED) is 0.166. The van der Waals surface area contributed by atoms with Crippen molar-refractivity contribution in [3.63, 3.8) is 0 Å². The van der Waals surface area contributed by atoms with Gasteiger partial charge >= 0.3 is 23.2 Å². The smallest absolute Gasteiger partial charge is 0.390 e. The van der Waals surface area contributed by atoms with Crippen LogP contribution in [0.5, 0.6) is 0 Å². The van der Waals surface area contributed by atoms with Crippen molar-refractivity contribution in [2.24, 2.45) is 0 Å². The molecular formula is C24H17ClF6N2O3. The maximum absolute atomic E-state index is 15.3. The first-order valence-electron chi connectivity index (χ1n) is 10.5. The molecule has 0 N–H and O–H groups in total. The molecule has 4 aromatic rings. The van der Waals surface area contributed by atoms with Crippen LogP contribution in [-0.4, -0.2) is 32.8 Å². The van der Waals surface area contributed by atoms with Gasteiger partial charge in [0.25, 0.3) is 5.56 Å². The Balaban J connectivity index is 2.17. The molecule has 190 valence electrons. The number of rotatable bonds is 7. The molecule has 0 aliphatic carbocycles. The number of hydrogen-bond donors (Lipinski definition) is 0. The van der Waals surface area contributed by atoms with Gasteiger partial charge in [-0.25, -0.2) is 4.79 Å². The van der Waals surface area contributed by atoms with Crippen molar-refractivity contribution in [3.05, 3.63) is 87.8 Å². The van der Waals surface area contributed by atoms with Gasteiger partial charge in [-0.15, -0.1) is 0 Å². The average Bonchev–Trinajstić information content (AvgIpc) is 3.24. The molecular weight excluding hydrogens is 514 g/mol. The Morgan fingerprint density at radius 2 is 1.53 bits per heavy atom. The normalized spacial score (nSPS) is 12.9. The van der Waals surface area contributed by atoms with E-state index in [1.807, 2.05) is 0 Å². The van der Waals surface area contributed by atoms with Crippen molar-refractivity contribution in [2.45, 2.75) is 30.7 Å². The number of carbonyl (C=O) groups excluding carboxylic acids is 1. The summed E-state index contributed by atoms with van der Waals surface area (Å²) in [6.45, 7) is 0.829. The molecule has 0 unspecified atom stereocenters. The minimum atomic E-state index is -6.17. The number of hydrogen-bond acceptors (Lipinski definition) is 3. The van der Waals surface area contributed by atoms with E-state index in [1.54, 1.807) is 36.4 Å². The minimum absolute atomic E-state index is 0.0802. The van der Waals surface area contributed by atoms with Gasteiger partial charge in [-0.05, 0) is 36.2 Å². The predicted molar refractivity (Wildman–Crippen MR) is 120 cm³/mol. The van der Waals surface area contributed by atoms with E-state index < -0.39 is 45.4 Å². The number of ether oxygens (including phenoxy) is 1. The first-order chi connectivity index (χ1) is 16.8. The summed E-state index contributed by atoms with van der Waals surface area (Å²) in [6, 6.07) is 14.3. The van der Waals surface area contributed by atoms with Crippen LogP contribution >= 0.6 is 11.6 Å². The van der Waals surface area contributed by atoms with E-state index in [0.717, 1.165) is 8.97 Å². The monoisotopic (exact) mass is 530 g/mol. The lowest BCUT2D eigenvalue weighted by Crippen LogP contribution is -2.50. The fourth-order valence-corrected chi connectivity index (χ4v) is 4.10. The van der Waals surface area contributed by atoms with Crippen LogP contribution in [0.25, 0.3) is 16.6 Å². The second-order valence-electron chi connectivity index (χ2n) is 7.87. The number of esters is 1. The summed E-state index contributed by atoms with van der Waals surface area (Å²) in [5, 5.41) is -5.71. The standard InChI is InChI=1S/C24H17ClF6N2O3/c1-2-36-21(35)15-13-32-16-10-6-7-11-17(16)33(12-14-8-4-3-5-9-14)20(34)19(32)18(15)22(26,27)23(28,29)24(25,30)31/h3-11,13H,2,12H2,1H3. The van der Waals surface area contributed by atoms with E-state index >= 15 is 8.78 Å². The van der Waals surface area contributed by atoms with Crippen LogP contribution in [0.4, 0.5) is 26.3 Å². The number of halogens is 7. The van der Waals surface area contributed by atoms with Crippen LogP contribution < -0.4 is 5.56 Å². The highest BCUT2D eigenvalue weighted by Crippen LogP contribution is 2.54. The van der Waals surface area contributed by atoms with E-state index in [-0.39, 0.29) is 24.2 Å². The summed E-state index contributed by atoms with van der Waals surface area (Å²) >= 11 is 4.37. The van der Waals surface area contributed by atoms with E-state index in [1.165, 1.54) is 25.1 Å². The molecule has 0 spiro atoms. The Kier molecular flexibility index (Phi) is 6.32. The van der Waals surface area contributed by atoms with Crippen LogP contribution in [0.3, 0.4) is 0 Å². The molecule has 2 heterocycles. The number of nitrogens with zero attached hydrogens (tertiary/aromatic N) is 2. The summed E-state index contributed by atoms with van der Waals surface area (Å²) in [6.07, 6.45) is 0.704. The number of benzene rings is 2. The van der Waals surface area contributed by atoms with E-state index in [9.17, 15) is 27.2 Å². The lowest BCUT2D eigenvalue weighted by Gasteiger charge is -2.29. The van der Waals surface area contributed by atoms with E-state index in [0.29, 0.717) is 11.8 Å². The second kappa shape index (κ2) is 8.88. The molecule has 36 heavy (non-hydrogen) atoms. The third kappa shape index (κ3) is 3.91. The zero-order valence-electron chi connectivity index (χ0n) is 18.5. The highest BCUT2D eigenvalue weighted by atomic mass is 35.5. The Morgan fingerprint density at radius 3 is 2.11 bits per heavy atom. The molecule has 2 aromatic heterocycles. The van der Waals surface area contributed by atoms with E-state index in [2.05, 4.69) is 11.6 Å². The van der Waals surface area contributed by atoms with Gasteiger partial charge in [0.15, 0.2) is 0 Å². The molecule has 0 aliphatic rings. The van der Waals surface area contributed by atoms with Crippen molar-refractivity contribution in [1.29, 1.82) is 0 Å². The number of fused-ring (bicyclic) bond motifs is 3. The molecule has 0 saturated carbocycles. The van der Waals surface area contributed by atoms with Gasteiger partial charge < -0.3 is 13.7 Å². The number of para-hydroxylation sites is 2. The fraction of sp³-hybridized carbons (Fsp3) is 0.250. The maximum atomic E-state index is 15.3. The van der Waals surface area contributed by atoms with Crippen molar-refractivity contribution in [3.8, 4) is 0 Å². The van der Waals surface area contributed by atoms with Gasteiger partial charge in [0.2, 0.25) is 0 Å². The third-order valence-electron chi connectivity index (χ3n) is 5.63. The number of alkyl halides is 7. The molecule has 0 saturated heterocycles. The summed E-state index contributed by atoms with van der Waals surface area (Å²) in [5.41, 5.74) is -4.50. The van der Waals surface area contributed by atoms with Gasteiger partial charge in [-0.1, -0.05) is 42.5 Å². The molecule has 0 aliphatic heterocycles. The summed E-state index contributed by atoms with van der Waals surface area (Å²) < 4.78 is 93.0. The van der Waals surface area contributed by atoms with Gasteiger partial charge in [-0.3, -0.25) is 4.79 Å². The lowest BCUT2D eigenvalue weighted by atomic mass is 9.99. The van der Waals surface area contributed by atoms with Crippen LogP contribution in [0.15, 0.2) is 65.6 Å². The van der Waals surface area contributed by atoms with Gasteiger partial charge in [0, 0.05) is 6.20 Å². The summed E-state index contributed by atoms with van der Waals surface area (Å²) in [4.78, 5) is 26.1. The van der Waals surface area contributed by atoms with Crippen LogP contribution in [-0.2, 0) is 17.2 Å². The Morgan fingerprint density at radius 1 is 0.944 bits per heavy atom. The fourth-order valence-electron chi connectivity index (χ4n) is 3.98. The Bertz CT molecular complexity index is 1510. The highest BCUT2D eigenvalue weighted by molar-refractivity contribution is 6.22. The molecule has 0 radical (unpaired) electrons. The van der Waals surface area contributed by atoms with Gasteiger partial charge in [0.1, 0.15) is 5.52 Å². The number of aromatic nitrogens is 2. The van der Waals surface area contributed by atoms with Crippen LogP contribution in [0.1, 0.15) is 28.4 Å². The van der Waals surface area contributed by atoms with Crippen molar-refractivity contribution in [2.75, 3.05) is 6.61 Å². The summed E-state index contributed by atoms with van der Waals surface area (Å²) in [7, 11) is 0. The SMILES string of the molecule is CCOC(=O)c1cn2c(c1C(F)(F)C(F)(F)C(F)(F)Cl)c(=O)n(Cc1ccccc1)c1ccccc12. The topological polar surface area (TPSA) is 52.7 Å². The third-order valence-corrected chi connectivity index (χ3v) is 5.87. The number of carbonyl (C=O) groups is 1. The molecule has 0 bridgehead atoms. The molecule has 0 amide bonds. The predicted octanol–water partition coefficient (Wildman–Crippen LogP) is 6.04.